The van der Waals surface area contributed by atoms with Crippen molar-refractivity contribution in [3.63, 3.8) is 0 Å². The van der Waals surface area contributed by atoms with Crippen LogP contribution in [0.15, 0.2) is 171 Å². The van der Waals surface area contributed by atoms with Crippen LogP contribution in [0.25, 0.3) is 0 Å². The van der Waals surface area contributed by atoms with Gasteiger partial charge < -0.3 is 48.1 Å². The Morgan fingerprint density at radius 2 is 0.615 bits per heavy atom. The van der Waals surface area contributed by atoms with Gasteiger partial charge in [-0.3, -0.25) is 19.2 Å². The molecule has 4 aromatic rings. The van der Waals surface area contributed by atoms with Crippen molar-refractivity contribution in [2.45, 2.75) is 206 Å². The van der Waals surface area contributed by atoms with E-state index < -0.39 is 0 Å². The van der Waals surface area contributed by atoms with E-state index in [1.54, 1.807) is 48.5 Å². The molecule has 0 spiro atoms. The quantitative estimate of drug-likeness (QED) is 0.00479. The molecule has 6 rings (SSSR count). The van der Waals surface area contributed by atoms with Crippen molar-refractivity contribution in [1.82, 2.24) is 0 Å². The molecule has 0 radical (unpaired) electrons. The Kier molecular flexibility index (Phi) is 54.3. The molecule has 0 saturated heterocycles. The van der Waals surface area contributed by atoms with Gasteiger partial charge in [0.25, 0.3) is 0 Å². The fraction of sp³-hybridized carbons (Fsp3) is 0.476. The van der Waals surface area contributed by atoms with Crippen LogP contribution in [0.3, 0.4) is 0 Å². The zero-order valence-corrected chi connectivity index (χ0v) is 64.0. The molecule has 0 aliphatic heterocycles. The molecule has 574 valence electrons. The number of aliphatic hydroxyl groups is 2. The summed E-state index contributed by atoms with van der Waals surface area (Å²) in [7, 11) is 0. The van der Waals surface area contributed by atoms with Crippen LogP contribution in [0.5, 0.6) is 23.0 Å². The van der Waals surface area contributed by atoms with Crippen molar-refractivity contribution in [2.75, 3.05) is 39.6 Å². The summed E-state index contributed by atoms with van der Waals surface area (Å²) in [5, 5.41) is 18.3. The molecule has 0 amide bonds. The van der Waals surface area contributed by atoms with Gasteiger partial charge in [-0.25, -0.2) is 19.2 Å². The van der Waals surface area contributed by atoms with E-state index in [0.717, 1.165) is 204 Å². The molecule has 4 aromatic carbocycles. The zero-order valence-electron chi connectivity index (χ0n) is 61.3. The standard InChI is InChI=1S/2C22H30O4.2C20H26O5.Fe.Pd/c2*1-2-21(23)25-17-9-5-3-4-6-10-18-13-15-20(16-14-18)26-22(24)19-11-7-8-12-19;2*1-3-20(23)25-14-8-6-4-5-7-13-24-18-11-9-17(10-12-18)19(22)15-16(2)21;;/h2*2,13-16,19H,1,3-12,17H2;2*3,9-12,15,21H,1,4-8,13-14H2,2H3;;/p+2. The zero-order chi connectivity index (χ0) is 74.2. The third kappa shape index (κ3) is 46.6. The Labute approximate surface area is 642 Å². The normalized spacial score (nSPS) is 12.4. The maximum Gasteiger partial charge on any atom is 0.350 e. The van der Waals surface area contributed by atoms with E-state index in [9.17, 15) is 38.4 Å². The predicted octanol–water partition coefficient (Wildman–Crippen LogP) is 18.2. The molecule has 0 aromatic heterocycles. The molecule has 0 bridgehead atoms. The first-order valence-electron chi connectivity index (χ1n) is 36.5. The molecule has 2 aliphatic carbocycles. The number of carbonyl (C=O) groups excluding carboxylic acids is 8. The van der Waals surface area contributed by atoms with Crippen LogP contribution in [0.2, 0.25) is 0 Å². The van der Waals surface area contributed by atoms with Crippen molar-refractivity contribution in [2.24, 2.45) is 11.8 Å². The van der Waals surface area contributed by atoms with Gasteiger partial charge in [-0.1, -0.05) is 153 Å². The molecule has 2 aliphatic rings. The van der Waals surface area contributed by atoms with E-state index in [0.29, 0.717) is 62.3 Å². The van der Waals surface area contributed by atoms with E-state index in [2.05, 4.69) is 26.3 Å². The Morgan fingerprint density at radius 1 is 0.375 bits per heavy atom. The van der Waals surface area contributed by atoms with Gasteiger partial charge in [0.05, 0.1) is 86.3 Å². The van der Waals surface area contributed by atoms with Crippen LogP contribution < -0.4 is 18.9 Å². The predicted molar refractivity (Wildman–Crippen MR) is 401 cm³/mol. The fourth-order valence-corrected chi connectivity index (χ4v) is 10.9. The van der Waals surface area contributed by atoms with Crippen LogP contribution in [-0.2, 0) is 98.0 Å². The third-order valence-electron chi connectivity index (χ3n) is 16.6. The van der Waals surface area contributed by atoms with Crippen LogP contribution in [0.1, 0.15) is 216 Å². The first-order chi connectivity index (χ1) is 49.4. The summed E-state index contributed by atoms with van der Waals surface area (Å²) in [5.41, 5.74) is 3.78. The van der Waals surface area contributed by atoms with Crippen LogP contribution >= 0.6 is 0 Å². The van der Waals surface area contributed by atoms with Gasteiger partial charge in [-0.2, -0.15) is 0 Å². The number of ketones is 2. The molecule has 0 unspecified atom stereocenters. The van der Waals surface area contributed by atoms with Gasteiger partial charge in [0.1, 0.15) is 23.0 Å². The second-order valence-corrected chi connectivity index (χ2v) is 25.2. The maximum atomic E-state index is 12.0. The average molecular weight is 1570 g/mol. The largest absolute Gasteiger partial charge is 0.512 e. The monoisotopic (exact) mass is 1570 g/mol. The Balaban J connectivity index is 0.000000689. The number of aliphatic hydroxyl groups excluding tert-OH is 2. The molecule has 0 atom stereocenters. The van der Waals surface area contributed by atoms with E-state index in [1.807, 2.05) is 48.5 Å². The van der Waals surface area contributed by atoms with Gasteiger partial charge in [-0.05, 0) is 188 Å². The SMILES string of the molecule is C=CC(=O)OCCCCCCCOc1ccc(C(=[OH+])C=C(C)O)cc1.C=CC(=O)OCCCCCCCOc1ccc(C(=[OH+])C=C(C)O)cc1.C=CC(=O)OCCCCCCCc1ccc(OC(=O)C2CCCC2)cc1.C=CC(=O)OCCCCCCCc1ccc(OC(=O)C2CCCC2)cc1.[Fe].[Pd]. The number of esters is 6. The molecular formula is C84H114FeO18Pd+2. The molecule has 104 heavy (non-hydrogen) atoms. The molecule has 0 heterocycles. The first-order valence-corrected chi connectivity index (χ1v) is 36.5. The van der Waals surface area contributed by atoms with E-state index in [4.69, 9.17) is 48.1 Å². The first kappa shape index (κ1) is 93.9. The van der Waals surface area contributed by atoms with Crippen molar-refractivity contribution < 1.29 is 124 Å². The van der Waals surface area contributed by atoms with Gasteiger partial charge in [0.15, 0.2) is 0 Å². The number of unbranched alkanes of at least 4 members (excludes halogenated alkanes) is 16. The van der Waals surface area contributed by atoms with E-state index in [-0.39, 0.29) is 108 Å². The summed E-state index contributed by atoms with van der Waals surface area (Å²) in [6.45, 7) is 19.5. The second kappa shape index (κ2) is 60.2. The minimum atomic E-state index is -0.368. The molecule has 2 saturated carbocycles. The van der Waals surface area contributed by atoms with Crippen LogP contribution in [0, 0.1) is 11.8 Å². The summed E-state index contributed by atoms with van der Waals surface area (Å²) in [6.07, 6.45) is 38.6. The number of allylic oxidation sites excluding steroid dienone is 4. The van der Waals surface area contributed by atoms with Crippen molar-refractivity contribution >= 4 is 47.4 Å². The number of carbonyl (C=O) groups is 6. The molecular weight excluding hydrogens is 1460 g/mol. The third-order valence-corrected chi connectivity index (χ3v) is 16.6. The van der Waals surface area contributed by atoms with Crippen molar-refractivity contribution in [3.05, 3.63) is 194 Å². The summed E-state index contributed by atoms with van der Waals surface area (Å²) < 4.78 is 42.0. The topological polar surface area (TPSA) is 260 Å². The van der Waals surface area contributed by atoms with Gasteiger partial charge in [-0.15, -0.1) is 0 Å². The summed E-state index contributed by atoms with van der Waals surface area (Å²) in [4.78, 5) is 87.0. The maximum absolute atomic E-state index is 12.0. The number of hydrogen-bond acceptors (Lipinski definition) is 16. The number of benzene rings is 4. The molecule has 20 heteroatoms. The van der Waals surface area contributed by atoms with Crippen LogP contribution in [-0.4, -0.2) is 107 Å². The minimum absolute atomic E-state index is 0. The Morgan fingerprint density at radius 3 is 0.875 bits per heavy atom. The summed E-state index contributed by atoms with van der Waals surface area (Å²) in [5.74, 6) is 1.55. The number of rotatable bonds is 46. The number of aryl methyl sites for hydroxylation is 2. The van der Waals surface area contributed by atoms with E-state index in [1.165, 1.54) is 61.4 Å². The Hall–Kier alpha value is -8.14. The second-order valence-electron chi connectivity index (χ2n) is 25.2. The van der Waals surface area contributed by atoms with E-state index >= 15 is 0 Å². The molecule has 2 fully saturated rings. The smallest absolute Gasteiger partial charge is 0.350 e. The Bertz CT molecular complexity index is 2960. The van der Waals surface area contributed by atoms with Crippen molar-refractivity contribution in [1.29, 1.82) is 0 Å². The van der Waals surface area contributed by atoms with Gasteiger partial charge in [0, 0.05) is 61.8 Å². The summed E-state index contributed by atoms with van der Waals surface area (Å²) in [6, 6.07) is 29.9. The van der Waals surface area contributed by atoms with Gasteiger partial charge >= 0.3 is 47.4 Å². The number of hydrogen-bond donors (Lipinski definition) is 2. The molecule has 4 N–H and O–H groups in total. The number of ether oxygens (including phenoxy) is 8. The molecule has 18 nitrogen and oxygen atoms in total. The van der Waals surface area contributed by atoms with Gasteiger partial charge in [0.2, 0.25) is 0 Å². The summed E-state index contributed by atoms with van der Waals surface area (Å²) >= 11 is 0. The fourth-order valence-electron chi connectivity index (χ4n) is 10.9. The van der Waals surface area contributed by atoms with Crippen molar-refractivity contribution in [3.8, 4) is 23.0 Å². The van der Waals surface area contributed by atoms with Crippen LogP contribution in [0.4, 0.5) is 0 Å². The average Bonchev–Trinajstić information content (AvgIpc) is 1.30. The minimum Gasteiger partial charge on any atom is -0.512 e.